The molecule has 27 heavy (non-hydrogen) atoms. The van der Waals surface area contributed by atoms with Crippen LogP contribution in [-0.2, 0) is 17.8 Å². The molecule has 0 spiro atoms. The second-order valence-corrected chi connectivity index (χ2v) is 6.96. The van der Waals surface area contributed by atoms with E-state index in [1.54, 1.807) is 30.5 Å². The standard InChI is InChI=1S/C20H19N3O3S/c1-13-6-7-18(10-21-13)26-11-20-23-17(12-27-20)9-19(25)22-16-5-3-4-15(8-16)14(2)24/h3-8,10,12H,9,11H2,1-2H3,(H,22,25). The van der Waals surface area contributed by atoms with Crippen LogP contribution in [0.15, 0.2) is 48.0 Å². The predicted octanol–water partition coefficient (Wildman–Crippen LogP) is 3.81. The normalized spacial score (nSPS) is 10.4. The Morgan fingerprint density at radius 1 is 1.22 bits per heavy atom. The van der Waals surface area contributed by atoms with Crippen molar-refractivity contribution in [2.45, 2.75) is 26.9 Å². The highest BCUT2D eigenvalue weighted by atomic mass is 32.1. The van der Waals surface area contributed by atoms with Gasteiger partial charge in [-0.15, -0.1) is 11.3 Å². The van der Waals surface area contributed by atoms with E-state index in [-0.39, 0.29) is 18.1 Å². The number of hydrogen-bond donors (Lipinski definition) is 1. The molecule has 3 rings (SSSR count). The number of thiazole rings is 1. The van der Waals surface area contributed by atoms with Crippen molar-refractivity contribution in [2.75, 3.05) is 5.32 Å². The summed E-state index contributed by atoms with van der Waals surface area (Å²) >= 11 is 1.45. The maximum absolute atomic E-state index is 12.2. The zero-order chi connectivity index (χ0) is 19.2. The number of rotatable bonds is 7. The van der Waals surface area contributed by atoms with Gasteiger partial charge in [0.05, 0.1) is 18.3 Å². The molecule has 0 aliphatic heterocycles. The number of carbonyl (C=O) groups excluding carboxylic acids is 2. The lowest BCUT2D eigenvalue weighted by atomic mass is 10.1. The molecule has 0 radical (unpaired) electrons. The molecule has 0 saturated carbocycles. The van der Waals surface area contributed by atoms with Crippen molar-refractivity contribution in [3.8, 4) is 5.75 Å². The van der Waals surface area contributed by atoms with E-state index in [1.165, 1.54) is 18.3 Å². The molecule has 3 aromatic rings. The summed E-state index contributed by atoms with van der Waals surface area (Å²) in [5.41, 5.74) is 2.77. The lowest BCUT2D eigenvalue weighted by molar-refractivity contribution is -0.115. The number of pyridine rings is 1. The number of anilines is 1. The summed E-state index contributed by atoms with van der Waals surface area (Å²) in [6.45, 7) is 3.74. The molecule has 0 unspecified atom stereocenters. The van der Waals surface area contributed by atoms with Crippen LogP contribution in [0.3, 0.4) is 0 Å². The summed E-state index contributed by atoms with van der Waals surface area (Å²) in [4.78, 5) is 32.2. The maximum atomic E-state index is 12.2. The molecule has 6 nitrogen and oxygen atoms in total. The van der Waals surface area contributed by atoms with Crippen LogP contribution >= 0.6 is 11.3 Å². The summed E-state index contributed by atoms with van der Waals surface area (Å²) in [5, 5.41) is 5.43. The van der Waals surface area contributed by atoms with Crippen molar-refractivity contribution in [3.63, 3.8) is 0 Å². The zero-order valence-corrected chi connectivity index (χ0v) is 15.9. The third-order valence-electron chi connectivity index (χ3n) is 3.74. The van der Waals surface area contributed by atoms with Crippen LogP contribution in [0.1, 0.15) is 33.7 Å². The van der Waals surface area contributed by atoms with E-state index in [1.807, 2.05) is 24.4 Å². The van der Waals surface area contributed by atoms with Gasteiger partial charge < -0.3 is 10.1 Å². The predicted molar refractivity (Wildman–Crippen MR) is 104 cm³/mol. The van der Waals surface area contributed by atoms with Gasteiger partial charge in [0.25, 0.3) is 0 Å². The molecular formula is C20H19N3O3S. The summed E-state index contributed by atoms with van der Waals surface area (Å²) in [7, 11) is 0. The number of Topliss-reactive ketones (excluding diaryl/α,β-unsaturated/α-hetero) is 1. The number of nitrogens with one attached hydrogen (secondary N) is 1. The van der Waals surface area contributed by atoms with Gasteiger partial charge in [0.15, 0.2) is 5.78 Å². The first kappa shape index (κ1) is 18.7. The first-order valence-corrected chi connectivity index (χ1v) is 9.27. The van der Waals surface area contributed by atoms with Gasteiger partial charge in [-0.1, -0.05) is 12.1 Å². The van der Waals surface area contributed by atoms with Crippen molar-refractivity contribution < 1.29 is 14.3 Å². The number of ketones is 1. The Balaban J connectivity index is 1.53. The Morgan fingerprint density at radius 3 is 2.81 bits per heavy atom. The molecule has 0 aliphatic rings. The van der Waals surface area contributed by atoms with Crippen LogP contribution in [0.25, 0.3) is 0 Å². The van der Waals surface area contributed by atoms with E-state index in [2.05, 4.69) is 15.3 Å². The quantitative estimate of drug-likeness (QED) is 0.630. The average molecular weight is 381 g/mol. The highest BCUT2D eigenvalue weighted by Crippen LogP contribution is 2.16. The number of aromatic nitrogens is 2. The van der Waals surface area contributed by atoms with Crippen LogP contribution in [0.2, 0.25) is 0 Å². The Kier molecular flexibility index (Phi) is 5.93. The fourth-order valence-corrected chi connectivity index (χ4v) is 3.07. The molecule has 0 bridgehead atoms. The van der Waals surface area contributed by atoms with Crippen molar-refractivity contribution in [2.24, 2.45) is 0 Å². The summed E-state index contributed by atoms with van der Waals surface area (Å²) in [6.07, 6.45) is 1.83. The highest BCUT2D eigenvalue weighted by Gasteiger charge is 2.10. The number of hydrogen-bond acceptors (Lipinski definition) is 6. The SMILES string of the molecule is CC(=O)c1cccc(NC(=O)Cc2csc(COc3ccc(C)nc3)n2)c1. The Labute approximate surface area is 161 Å². The lowest BCUT2D eigenvalue weighted by Crippen LogP contribution is -2.15. The molecule has 0 aliphatic carbocycles. The monoisotopic (exact) mass is 381 g/mol. The second-order valence-electron chi connectivity index (χ2n) is 6.02. The first-order valence-electron chi connectivity index (χ1n) is 8.39. The fourth-order valence-electron chi connectivity index (χ4n) is 2.37. The summed E-state index contributed by atoms with van der Waals surface area (Å²) < 4.78 is 5.65. The Hall–Kier alpha value is -3.06. The number of nitrogens with zero attached hydrogens (tertiary/aromatic N) is 2. The van der Waals surface area contributed by atoms with Crippen LogP contribution in [0, 0.1) is 6.92 Å². The van der Waals surface area contributed by atoms with Crippen molar-refractivity contribution in [1.82, 2.24) is 9.97 Å². The van der Waals surface area contributed by atoms with Crippen molar-refractivity contribution >= 4 is 28.7 Å². The van der Waals surface area contributed by atoms with E-state index >= 15 is 0 Å². The molecule has 1 N–H and O–H groups in total. The zero-order valence-electron chi connectivity index (χ0n) is 15.1. The molecule has 2 heterocycles. The molecule has 0 fully saturated rings. The molecular weight excluding hydrogens is 362 g/mol. The lowest BCUT2D eigenvalue weighted by Gasteiger charge is -2.05. The van der Waals surface area contributed by atoms with Crippen LogP contribution in [0.4, 0.5) is 5.69 Å². The molecule has 138 valence electrons. The number of amides is 1. The van der Waals surface area contributed by atoms with E-state index in [0.29, 0.717) is 29.3 Å². The van der Waals surface area contributed by atoms with Gasteiger partial charge >= 0.3 is 0 Å². The van der Waals surface area contributed by atoms with Gasteiger partial charge in [-0.2, -0.15) is 0 Å². The van der Waals surface area contributed by atoms with Gasteiger partial charge in [0.1, 0.15) is 17.4 Å². The largest absolute Gasteiger partial charge is 0.485 e. The summed E-state index contributed by atoms with van der Waals surface area (Å²) in [5.74, 6) is 0.454. The first-order chi connectivity index (χ1) is 13.0. The molecule has 0 atom stereocenters. The number of benzene rings is 1. The van der Waals surface area contributed by atoms with E-state index in [9.17, 15) is 9.59 Å². The minimum Gasteiger partial charge on any atom is -0.485 e. The number of ether oxygens (including phenoxy) is 1. The summed E-state index contributed by atoms with van der Waals surface area (Å²) in [6, 6.07) is 10.6. The molecule has 1 amide bonds. The van der Waals surface area contributed by atoms with Gasteiger partial charge in [-0.05, 0) is 38.1 Å². The van der Waals surface area contributed by atoms with Crippen LogP contribution in [-0.4, -0.2) is 21.7 Å². The number of aryl methyl sites for hydroxylation is 1. The van der Waals surface area contributed by atoms with Gasteiger partial charge in [-0.25, -0.2) is 4.98 Å². The average Bonchev–Trinajstić information content (AvgIpc) is 3.08. The maximum Gasteiger partial charge on any atom is 0.230 e. The molecule has 2 aromatic heterocycles. The van der Waals surface area contributed by atoms with E-state index in [0.717, 1.165) is 10.7 Å². The minimum atomic E-state index is -0.184. The fraction of sp³-hybridized carbons (Fsp3) is 0.200. The van der Waals surface area contributed by atoms with Crippen LogP contribution in [0.5, 0.6) is 5.75 Å². The third-order valence-corrected chi connectivity index (χ3v) is 4.61. The van der Waals surface area contributed by atoms with Crippen molar-refractivity contribution in [1.29, 1.82) is 0 Å². The topological polar surface area (TPSA) is 81.2 Å². The van der Waals surface area contributed by atoms with E-state index in [4.69, 9.17) is 4.74 Å². The second kappa shape index (κ2) is 8.55. The van der Waals surface area contributed by atoms with E-state index < -0.39 is 0 Å². The Morgan fingerprint density at radius 2 is 2.07 bits per heavy atom. The molecule has 7 heteroatoms. The van der Waals surface area contributed by atoms with Gasteiger partial charge in [0.2, 0.25) is 5.91 Å². The highest BCUT2D eigenvalue weighted by molar-refractivity contribution is 7.09. The smallest absolute Gasteiger partial charge is 0.230 e. The van der Waals surface area contributed by atoms with Gasteiger partial charge in [-0.3, -0.25) is 14.6 Å². The molecule has 0 saturated heterocycles. The van der Waals surface area contributed by atoms with Gasteiger partial charge in [0, 0.05) is 22.3 Å². The van der Waals surface area contributed by atoms with Crippen LogP contribution < -0.4 is 10.1 Å². The number of carbonyl (C=O) groups is 2. The minimum absolute atomic E-state index is 0.0426. The molecule has 1 aromatic carbocycles. The third kappa shape index (κ3) is 5.46. The van der Waals surface area contributed by atoms with Crippen molar-refractivity contribution in [3.05, 3.63) is 69.9 Å². The Bertz CT molecular complexity index is 951.